The standard InChI is InChI=1S/C22H27N5O4/c1-13-17(22(31)25-20-19(13)14(2)26-27(20)3)8-9-18(29)23-10-5-11-24-21(30)15-6-4-7-16(28)12-15/h4,6-7,12,28H,5,8-11H2,1-3H3,(H,23,29)(H,24,30)(H,25,31). The minimum atomic E-state index is -0.280. The van der Waals surface area contributed by atoms with Crippen LogP contribution in [0.5, 0.6) is 5.75 Å². The van der Waals surface area contributed by atoms with Gasteiger partial charge in [-0.05, 0) is 50.5 Å². The molecule has 0 atom stereocenters. The van der Waals surface area contributed by atoms with Crippen LogP contribution in [0.15, 0.2) is 29.1 Å². The molecule has 0 aliphatic heterocycles. The number of rotatable bonds is 8. The predicted molar refractivity (Wildman–Crippen MR) is 117 cm³/mol. The van der Waals surface area contributed by atoms with Gasteiger partial charge in [-0.3, -0.25) is 19.1 Å². The van der Waals surface area contributed by atoms with Crippen LogP contribution in [0, 0.1) is 13.8 Å². The third-order valence-electron chi connectivity index (χ3n) is 5.23. The first kappa shape index (κ1) is 22.1. The van der Waals surface area contributed by atoms with Crippen LogP contribution < -0.4 is 16.2 Å². The Bertz CT molecular complexity index is 1180. The number of phenolic OH excluding ortho intramolecular Hbond substituents is 1. The fourth-order valence-corrected chi connectivity index (χ4v) is 3.65. The quantitative estimate of drug-likeness (QED) is 0.406. The summed E-state index contributed by atoms with van der Waals surface area (Å²) in [6.07, 6.45) is 1.10. The van der Waals surface area contributed by atoms with Crippen molar-refractivity contribution in [1.29, 1.82) is 0 Å². The van der Waals surface area contributed by atoms with E-state index in [-0.39, 0.29) is 29.5 Å². The molecule has 4 N–H and O–H groups in total. The number of amides is 2. The molecule has 0 aliphatic rings. The smallest absolute Gasteiger partial charge is 0.253 e. The molecule has 0 aliphatic carbocycles. The normalized spacial score (nSPS) is 10.9. The fraction of sp³-hybridized carbons (Fsp3) is 0.364. The van der Waals surface area contributed by atoms with Crippen LogP contribution in [-0.2, 0) is 18.3 Å². The highest BCUT2D eigenvalue weighted by Gasteiger charge is 2.15. The second-order valence-electron chi connectivity index (χ2n) is 7.50. The molecule has 2 heterocycles. The number of hydrogen-bond donors (Lipinski definition) is 4. The number of nitrogens with one attached hydrogen (secondary N) is 3. The topological polar surface area (TPSA) is 129 Å². The van der Waals surface area contributed by atoms with Gasteiger partial charge in [0, 0.05) is 43.1 Å². The lowest BCUT2D eigenvalue weighted by atomic mass is 10.0. The summed E-state index contributed by atoms with van der Waals surface area (Å²) in [4.78, 5) is 39.5. The molecule has 2 amide bonds. The number of phenols is 1. The third-order valence-corrected chi connectivity index (χ3v) is 5.23. The van der Waals surface area contributed by atoms with Gasteiger partial charge in [-0.2, -0.15) is 5.10 Å². The number of fused-ring (bicyclic) bond motifs is 1. The van der Waals surface area contributed by atoms with Crippen molar-refractivity contribution >= 4 is 22.8 Å². The number of H-pyrrole nitrogens is 1. The molecule has 0 saturated carbocycles. The van der Waals surface area contributed by atoms with E-state index in [9.17, 15) is 19.5 Å². The Kier molecular flexibility index (Phi) is 6.74. The van der Waals surface area contributed by atoms with E-state index in [2.05, 4.69) is 20.7 Å². The maximum atomic E-state index is 12.4. The lowest BCUT2D eigenvalue weighted by Crippen LogP contribution is -2.30. The fourth-order valence-electron chi connectivity index (χ4n) is 3.65. The van der Waals surface area contributed by atoms with Gasteiger partial charge in [-0.25, -0.2) is 0 Å². The molecule has 2 aromatic heterocycles. The summed E-state index contributed by atoms with van der Waals surface area (Å²) < 4.78 is 1.65. The lowest BCUT2D eigenvalue weighted by molar-refractivity contribution is -0.121. The molecular formula is C22H27N5O4. The average molecular weight is 425 g/mol. The second-order valence-corrected chi connectivity index (χ2v) is 7.50. The largest absolute Gasteiger partial charge is 0.508 e. The van der Waals surface area contributed by atoms with Crippen molar-refractivity contribution in [3.63, 3.8) is 0 Å². The van der Waals surface area contributed by atoms with Crippen molar-refractivity contribution in [2.24, 2.45) is 7.05 Å². The number of carbonyl (C=O) groups is 2. The molecule has 9 heteroatoms. The SMILES string of the molecule is Cc1nn(C)c2[nH]c(=O)c(CCC(=O)NCCCNC(=O)c3cccc(O)c3)c(C)c12. The molecule has 0 bridgehead atoms. The van der Waals surface area contributed by atoms with Gasteiger partial charge < -0.3 is 20.7 Å². The van der Waals surface area contributed by atoms with Crippen LogP contribution in [0.1, 0.15) is 40.0 Å². The highest BCUT2D eigenvalue weighted by atomic mass is 16.3. The van der Waals surface area contributed by atoms with Gasteiger partial charge in [0.25, 0.3) is 11.5 Å². The first-order valence-corrected chi connectivity index (χ1v) is 10.2. The number of aromatic hydroxyl groups is 1. The van der Waals surface area contributed by atoms with Crippen molar-refractivity contribution < 1.29 is 14.7 Å². The van der Waals surface area contributed by atoms with Gasteiger partial charge in [0.15, 0.2) is 0 Å². The Morgan fingerprint density at radius 1 is 1.19 bits per heavy atom. The van der Waals surface area contributed by atoms with E-state index in [1.807, 2.05) is 13.8 Å². The first-order valence-electron chi connectivity index (χ1n) is 10.2. The zero-order chi connectivity index (χ0) is 22.5. The number of nitrogens with zero attached hydrogens (tertiary/aromatic N) is 2. The molecule has 0 spiro atoms. The highest BCUT2D eigenvalue weighted by Crippen LogP contribution is 2.21. The van der Waals surface area contributed by atoms with Gasteiger partial charge in [-0.1, -0.05) is 6.07 Å². The second kappa shape index (κ2) is 9.46. The van der Waals surface area contributed by atoms with Crippen LogP contribution in [0.2, 0.25) is 0 Å². The van der Waals surface area contributed by atoms with E-state index >= 15 is 0 Å². The van der Waals surface area contributed by atoms with Crippen molar-refractivity contribution in [2.45, 2.75) is 33.1 Å². The third kappa shape index (κ3) is 5.11. The van der Waals surface area contributed by atoms with E-state index in [1.54, 1.807) is 23.9 Å². The first-order chi connectivity index (χ1) is 14.8. The van der Waals surface area contributed by atoms with Crippen molar-refractivity contribution in [3.05, 3.63) is 57.0 Å². The van der Waals surface area contributed by atoms with Gasteiger partial charge in [0.1, 0.15) is 11.4 Å². The number of carbonyl (C=O) groups excluding carboxylic acids is 2. The molecule has 0 unspecified atom stereocenters. The summed E-state index contributed by atoms with van der Waals surface area (Å²) >= 11 is 0. The minimum absolute atomic E-state index is 0.0341. The monoisotopic (exact) mass is 425 g/mol. The number of aromatic nitrogens is 3. The summed E-state index contributed by atoms with van der Waals surface area (Å²) in [5.41, 5.74) is 3.15. The van der Waals surface area contributed by atoms with Crippen molar-refractivity contribution in [2.75, 3.05) is 13.1 Å². The van der Waals surface area contributed by atoms with E-state index in [0.29, 0.717) is 42.7 Å². The molecule has 0 fully saturated rings. The summed E-state index contributed by atoms with van der Waals surface area (Å²) in [6, 6.07) is 6.11. The predicted octanol–water partition coefficient (Wildman–Crippen LogP) is 1.45. The molecule has 3 aromatic rings. The summed E-state index contributed by atoms with van der Waals surface area (Å²) in [5.74, 6) is -0.397. The average Bonchev–Trinajstić information content (AvgIpc) is 3.00. The molecule has 9 nitrogen and oxygen atoms in total. The van der Waals surface area contributed by atoms with E-state index in [1.165, 1.54) is 12.1 Å². The van der Waals surface area contributed by atoms with Gasteiger partial charge in [0.05, 0.1) is 5.69 Å². The van der Waals surface area contributed by atoms with E-state index in [0.717, 1.165) is 16.6 Å². The van der Waals surface area contributed by atoms with Gasteiger partial charge in [-0.15, -0.1) is 0 Å². The number of hydrogen-bond acceptors (Lipinski definition) is 5. The number of aryl methyl sites for hydroxylation is 3. The molecule has 164 valence electrons. The summed E-state index contributed by atoms with van der Waals surface area (Å²) in [7, 11) is 1.78. The maximum Gasteiger partial charge on any atom is 0.253 e. The van der Waals surface area contributed by atoms with Crippen LogP contribution in [0.3, 0.4) is 0 Å². The number of pyridine rings is 1. The maximum absolute atomic E-state index is 12.4. The number of benzene rings is 1. The van der Waals surface area contributed by atoms with Crippen LogP contribution in [-0.4, -0.2) is 44.8 Å². The molecular weight excluding hydrogens is 398 g/mol. The van der Waals surface area contributed by atoms with Crippen molar-refractivity contribution in [1.82, 2.24) is 25.4 Å². The Morgan fingerprint density at radius 3 is 2.68 bits per heavy atom. The van der Waals surface area contributed by atoms with Crippen LogP contribution in [0.4, 0.5) is 0 Å². The van der Waals surface area contributed by atoms with E-state index < -0.39 is 0 Å². The number of aromatic amines is 1. The van der Waals surface area contributed by atoms with Gasteiger partial charge in [0.2, 0.25) is 5.91 Å². The zero-order valence-corrected chi connectivity index (χ0v) is 17.9. The summed E-state index contributed by atoms with van der Waals surface area (Å²) in [5, 5.41) is 20.2. The Labute approximate surface area is 179 Å². The highest BCUT2D eigenvalue weighted by molar-refractivity contribution is 5.94. The Balaban J connectivity index is 1.45. The van der Waals surface area contributed by atoms with Crippen LogP contribution in [0.25, 0.3) is 11.0 Å². The summed E-state index contributed by atoms with van der Waals surface area (Å²) in [6.45, 7) is 4.58. The zero-order valence-electron chi connectivity index (χ0n) is 17.9. The molecule has 3 rings (SSSR count). The molecule has 1 aromatic carbocycles. The van der Waals surface area contributed by atoms with Crippen LogP contribution >= 0.6 is 0 Å². The molecule has 31 heavy (non-hydrogen) atoms. The Morgan fingerprint density at radius 2 is 1.94 bits per heavy atom. The molecule has 0 saturated heterocycles. The Hall–Kier alpha value is -3.62. The molecule has 0 radical (unpaired) electrons. The van der Waals surface area contributed by atoms with Crippen molar-refractivity contribution in [3.8, 4) is 5.75 Å². The minimum Gasteiger partial charge on any atom is -0.508 e. The van der Waals surface area contributed by atoms with Gasteiger partial charge >= 0.3 is 0 Å². The lowest BCUT2D eigenvalue weighted by Gasteiger charge is -2.09. The van der Waals surface area contributed by atoms with E-state index in [4.69, 9.17) is 0 Å².